The summed E-state index contributed by atoms with van der Waals surface area (Å²) >= 11 is 0. The van der Waals surface area contributed by atoms with Crippen molar-refractivity contribution < 1.29 is 10.2 Å². The van der Waals surface area contributed by atoms with Crippen LogP contribution in [-0.2, 0) is 6.42 Å². The summed E-state index contributed by atoms with van der Waals surface area (Å²) in [6.45, 7) is 6.12. The molecule has 106 valence electrons. The summed E-state index contributed by atoms with van der Waals surface area (Å²) < 4.78 is 0. The molecule has 0 heterocycles. The van der Waals surface area contributed by atoms with Crippen molar-refractivity contribution in [3.63, 3.8) is 0 Å². The molecule has 2 N–H and O–H groups in total. The highest BCUT2D eigenvalue weighted by Gasteiger charge is 2.14. The van der Waals surface area contributed by atoms with E-state index in [1.165, 1.54) is 5.57 Å². The van der Waals surface area contributed by atoms with Crippen LogP contribution >= 0.6 is 0 Å². The lowest BCUT2D eigenvalue weighted by atomic mass is 9.96. The monoisotopic (exact) mass is 270 g/mol. The van der Waals surface area contributed by atoms with Crippen molar-refractivity contribution in [1.82, 2.24) is 0 Å². The fraction of sp³-hybridized carbons (Fsp3) is 0.333. The minimum Gasteiger partial charge on any atom is -0.507 e. The molecule has 0 aliphatic heterocycles. The second-order valence-corrected chi connectivity index (χ2v) is 5.35. The van der Waals surface area contributed by atoms with Gasteiger partial charge in [0.1, 0.15) is 11.5 Å². The third-order valence-corrected chi connectivity index (χ3v) is 3.83. The summed E-state index contributed by atoms with van der Waals surface area (Å²) in [7, 11) is 0. The Labute approximate surface area is 120 Å². The number of allylic oxidation sites excluding steroid dienone is 2. The molecule has 0 bridgehead atoms. The van der Waals surface area contributed by atoms with Gasteiger partial charge in [-0.15, -0.1) is 0 Å². The number of rotatable bonds is 4. The van der Waals surface area contributed by atoms with Crippen molar-refractivity contribution in [2.75, 3.05) is 0 Å². The zero-order valence-corrected chi connectivity index (χ0v) is 12.4. The van der Waals surface area contributed by atoms with Gasteiger partial charge in [0.25, 0.3) is 0 Å². The van der Waals surface area contributed by atoms with E-state index >= 15 is 0 Å². The first-order valence-corrected chi connectivity index (χ1v) is 7.14. The Balaban J connectivity index is 2.51. The Kier molecular flexibility index (Phi) is 4.33. The Morgan fingerprint density at radius 3 is 2.30 bits per heavy atom. The molecule has 0 aliphatic rings. The molecule has 2 heteroatoms. The van der Waals surface area contributed by atoms with Crippen LogP contribution in [0.1, 0.15) is 37.8 Å². The molecule has 0 aromatic heterocycles. The van der Waals surface area contributed by atoms with Crippen LogP contribution in [0.5, 0.6) is 11.5 Å². The second kappa shape index (κ2) is 6.00. The lowest BCUT2D eigenvalue weighted by molar-refractivity contribution is 0.461. The normalized spacial score (nSPS) is 12.1. The van der Waals surface area contributed by atoms with E-state index in [0.29, 0.717) is 17.2 Å². The number of hydrogen-bond donors (Lipinski definition) is 2. The predicted molar refractivity (Wildman–Crippen MR) is 84.4 cm³/mol. The Morgan fingerprint density at radius 2 is 1.70 bits per heavy atom. The van der Waals surface area contributed by atoms with E-state index in [0.717, 1.165) is 24.0 Å². The molecule has 0 aliphatic carbocycles. The van der Waals surface area contributed by atoms with Crippen LogP contribution in [0.25, 0.3) is 10.8 Å². The number of phenolic OH excluding ortho intramolecular Hbond substituents is 2. The zero-order valence-electron chi connectivity index (χ0n) is 12.4. The maximum Gasteiger partial charge on any atom is 0.127 e. The number of hydrogen-bond acceptors (Lipinski definition) is 2. The molecule has 2 nitrogen and oxygen atoms in total. The predicted octanol–water partition coefficient (Wildman–Crippen LogP) is 4.85. The van der Waals surface area contributed by atoms with Crippen molar-refractivity contribution >= 4 is 10.8 Å². The second-order valence-electron chi connectivity index (χ2n) is 5.35. The molecule has 0 radical (unpaired) electrons. The van der Waals surface area contributed by atoms with E-state index in [4.69, 9.17) is 0 Å². The molecule has 2 aromatic carbocycles. The summed E-state index contributed by atoms with van der Waals surface area (Å²) in [6, 6.07) is 7.42. The lowest BCUT2D eigenvalue weighted by Crippen LogP contribution is -1.92. The smallest absolute Gasteiger partial charge is 0.127 e. The SMILES string of the molecule is CCC/C(C)=C/Cc1c(C)c(O)c2ccccc2c1O. The van der Waals surface area contributed by atoms with Crippen LogP contribution in [0.15, 0.2) is 35.9 Å². The maximum atomic E-state index is 10.5. The van der Waals surface area contributed by atoms with E-state index in [9.17, 15) is 10.2 Å². The molecule has 20 heavy (non-hydrogen) atoms. The number of benzene rings is 2. The summed E-state index contributed by atoms with van der Waals surface area (Å²) in [6.07, 6.45) is 4.98. The average Bonchev–Trinajstić information content (AvgIpc) is 2.45. The van der Waals surface area contributed by atoms with Crippen LogP contribution in [-0.4, -0.2) is 10.2 Å². The third-order valence-electron chi connectivity index (χ3n) is 3.83. The molecule has 0 amide bonds. The molecule has 0 unspecified atom stereocenters. The topological polar surface area (TPSA) is 40.5 Å². The highest BCUT2D eigenvalue weighted by molar-refractivity contribution is 5.95. The van der Waals surface area contributed by atoms with Gasteiger partial charge in [-0.2, -0.15) is 0 Å². The van der Waals surface area contributed by atoms with Gasteiger partial charge < -0.3 is 10.2 Å². The Hall–Kier alpha value is -1.96. The molecular formula is C18H22O2. The molecule has 2 rings (SSSR count). The molecule has 2 aromatic rings. The molecule has 0 saturated carbocycles. The van der Waals surface area contributed by atoms with Crippen LogP contribution in [0.4, 0.5) is 0 Å². The molecular weight excluding hydrogens is 248 g/mol. The van der Waals surface area contributed by atoms with Crippen molar-refractivity contribution in [1.29, 1.82) is 0 Å². The number of aromatic hydroxyl groups is 2. The number of fused-ring (bicyclic) bond motifs is 1. The summed E-state index contributed by atoms with van der Waals surface area (Å²) in [5, 5.41) is 22.2. The van der Waals surface area contributed by atoms with Crippen LogP contribution in [0.2, 0.25) is 0 Å². The van der Waals surface area contributed by atoms with Gasteiger partial charge in [0, 0.05) is 16.3 Å². The van der Waals surface area contributed by atoms with Gasteiger partial charge >= 0.3 is 0 Å². The molecule has 0 saturated heterocycles. The van der Waals surface area contributed by atoms with Gasteiger partial charge in [-0.05, 0) is 32.3 Å². The van der Waals surface area contributed by atoms with Crippen molar-refractivity contribution in [3.8, 4) is 11.5 Å². The third kappa shape index (κ3) is 2.64. The van der Waals surface area contributed by atoms with Gasteiger partial charge in [0.2, 0.25) is 0 Å². The van der Waals surface area contributed by atoms with Crippen molar-refractivity contribution in [2.45, 2.75) is 40.0 Å². The number of phenols is 2. The van der Waals surface area contributed by atoms with Gasteiger partial charge in [-0.3, -0.25) is 0 Å². The highest BCUT2D eigenvalue weighted by Crippen LogP contribution is 2.39. The summed E-state index contributed by atoms with van der Waals surface area (Å²) in [5.74, 6) is 0.561. The van der Waals surface area contributed by atoms with Gasteiger partial charge in [-0.1, -0.05) is 49.3 Å². The summed E-state index contributed by atoms with van der Waals surface area (Å²) in [4.78, 5) is 0. The minimum absolute atomic E-state index is 0.273. The standard InChI is InChI=1S/C18H22O2/c1-4-7-12(2)10-11-14-13(3)17(19)15-8-5-6-9-16(15)18(14)20/h5-6,8-10,19-20H,4,7,11H2,1-3H3/b12-10+. The van der Waals surface area contributed by atoms with Crippen LogP contribution < -0.4 is 0 Å². The van der Waals surface area contributed by atoms with Gasteiger partial charge in [-0.25, -0.2) is 0 Å². The summed E-state index contributed by atoms with van der Waals surface area (Å²) in [5.41, 5.74) is 2.90. The van der Waals surface area contributed by atoms with Crippen molar-refractivity contribution in [3.05, 3.63) is 47.0 Å². The minimum atomic E-state index is 0.273. The van der Waals surface area contributed by atoms with E-state index in [2.05, 4.69) is 19.9 Å². The average molecular weight is 270 g/mol. The quantitative estimate of drug-likeness (QED) is 0.616. The van der Waals surface area contributed by atoms with Crippen LogP contribution in [0, 0.1) is 6.92 Å². The first kappa shape index (κ1) is 14.4. The Bertz CT molecular complexity index is 654. The maximum absolute atomic E-state index is 10.5. The molecule has 0 atom stereocenters. The first-order valence-electron chi connectivity index (χ1n) is 7.14. The Morgan fingerprint density at radius 1 is 1.10 bits per heavy atom. The van der Waals surface area contributed by atoms with Gasteiger partial charge in [0.05, 0.1) is 0 Å². The fourth-order valence-electron chi connectivity index (χ4n) is 2.60. The highest BCUT2D eigenvalue weighted by atomic mass is 16.3. The van der Waals surface area contributed by atoms with Crippen molar-refractivity contribution in [2.24, 2.45) is 0 Å². The lowest BCUT2D eigenvalue weighted by Gasteiger charge is -2.13. The molecule has 0 fully saturated rings. The largest absolute Gasteiger partial charge is 0.507 e. The molecule has 0 spiro atoms. The van der Waals surface area contributed by atoms with E-state index in [1.54, 1.807) is 0 Å². The van der Waals surface area contributed by atoms with E-state index in [1.807, 2.05) is 31.2 Å². The zero-order chi connectivity index (χ0) is 14.7. The fourth-order valence-corrected chi connectivity index (χ4v) is 2.60. The first-order chi connectivity index (χ1) is 9.56. The van der Waals surface area contributed by atoms with E-state index < -0.39 is 0 Å². The van der Waals surface area contributed by atoms with E-state index in [-0.39, 0.29) is 11.5 Å². The van der Waals surface area contributed by atoms with Crippen LogP contribution in [0.3, 0.4) is 0 Å². The van der Waals surface area contributed by atoms with Gasteiger partial charge in [0.15, 0.2) is 0 Å².